The molecule has 1 aliphatic heterocycles. The quantitative estimate of drug-likeness (QED) is 0.383. The van der Waals surface area contributed by atoms with Crippen LogP contribution in [0.3, 0.4) is 0 Å². The molecule has 0 bridgehead atoms. The average molecular weight is 638 g/mol. The van der Waals surface area contributed by atoms with Gasteiger partial charge in [0.25, 0.3) is 11.8 Å². The molecule has 1 saturated carbocycles. The highest BCUT2D eigenvalue weighted by atomic mass is 16.2. The maximum Gasteiger partial charge on any atom is 0.253 e. The van der Waals surface area contributed by atoms with Crippen LogP contribution in [0.5, 0.6) is 0 Å². The zero-order valence-corrected chi connectivity index (χ0v) is 27.7. The fraction of sp³-hybridized carbons (Fsp3) is 0.514. The van der Waals surface area contributed by atoms with E-state index in [9.17, 15) is 19.6 Å². The number of carbonyl (C=O) groups excluding carboxylic acids is 3. The van der Waals surface area contributed by atoms with Crippen molar-refractivity contribution in [3.8, 4) is 6.07 Å². The Bertz CT molecular complexity index is 1630. The summed E-state index contributed by atoms with van der Waals surface area (Å²) >= 11 is 0. The Labute approximate surface area is 275 Å². The van der Waals surface area contributed by atoms with E-state index in [4.69, 9.17) is 0 Å². The van der Waals surface area contributed by atoms with Gasteiger partial charge >= 0.3 is 0 Å². The fourth-order valence-electron chi connectivity index (χ4n) is 8.04. The normalized spacial score (nSPS) is 19.3. The van der Waals surface area contributed by atoms with Crippen LogP contribution < -0.4 is 5.32 Å². The molecule has 12 nitrogen and oxygen atoms in total. The van der Waals surface area contributed by atoms with E-state index in [-0.39, 0.29) is 30.3 Å². The molecular weight excluding hydrogens is 594 g/mol. The first-order valence-corrected chi connectivity index (χ1v) is 16.5. The topological polar surface area (TPSA) is 151 Å². The van der Waals surface area contributed by atoms with E-state index in [1.807, 2.05) is 36.4 Å². The Morgan fingerprint density at radius 1 is 0.957 bits per heavy atom. The number of benzene rings is 2. The monoisotopic (exact) mass is 637 g/mol. The third-order valence-electron chi connectivity index (χ3n) is 10.4. The number of aromatic amines is 1. The van der Waals surface area contributed by atoms with E-state index in [2.05, 4.69) is 32.0 Å². The van der Waals surface area contributed by atoms with E-state index in [0.717, 1.165) is 54.4 Å². The Kier molecular flexibility index (Phi) is 8.85. The molecule has 1 atom stereocenters. The van der Waals surface area contributed by atoms with Crippen molar-refractivity contribution in [3.05, 3.63) is 75.6 Å². The number of nitrogens with zero attached hydrogens (tertiary/aromatic N) is 7. The van der Waals surface area contributed by atoms with E-state index < -0.39 is 11.0 Å². The number of nitrogens with one attached hydrogen (secondary N) is 2. The summed E-state index contributed by atoms with van der Waals surface area (Å²) in [7, 11) is 6.98. The molecule has 1 unspecified atom stereocenters. The number of rotatable bonds is 8. The highest BCUT2D eigenvalue weighted by Gasteiger charge is 2.51. The maximum absolute atomic E-state index is 13.5. The largest absolute Gasteiger partial charge is 0.345 e. The summed E-state index contributed by atoms with van der Waals surface area (Å²) in [4.78, 5) is 44.6. The van der Waals surface area contributed by atoms with Crippen LogP contribution in [-0.4, -0.2) is 106 Å². The number of aromatic nitrogens is 4. The number of hydrogen-bond donors (Lipinski definition) is 2. The predicted molar refractivity (Wildman–Crippen MR) is 175 cm³/mol. The smallest absolute Gasteiger partial charge is 0.253 e. The van der Waals surface area contributed by atoms with Crippen molar-refractivity contribution in [3.63, 3.8) is 0 Å². The van der Waals surface area contributed by atoms with Gasteiger partial charge in [0.05, 0.1) is 18.0 Å². The van der Waals surface area contributed by atoms with Gasteiger partial charge in [-0.05, 0) is 102 Å². The Morgan fingerprint density at radius 3 is 2.06 bits per heavy atom. The minimum atomic E-state index is -0.882. The van der Waals surface area contributed by atoms with Crippen molar-refractivity contribution >= 4 is 17.7 Å². The molecule has 2 aliphatic carbocycles. The molecule has 2 heterocycles. The van der Waals surface area contributed by atoms with Crippen LogP contribution in [0.15, 0.2) is 36.4 Å². The SMILES string of the molecule is CN(C)C(=O)c1ccc2c(c1)CCc1cc(C(=O)N(C)C)ccc1C2(CC1(NCC(=O)N2CCCC2C#N)CCCC1)c1nnn[nH]1. The molecule has 0 radical (unpaired) electrons. The van der Waals surface area contributed by atoms with Crippen LogP contribution >= 0.6 is 0 Å². The number of aryl methyl sites for hydroxylation is 2. The zero-order valence-electron chi connectivity index (χ0n) is 27.7. The van der Waals surface area contributed by atoms with Gasteiger partial charge in [-0.2, -0.15) is 5.26 Å². The highest BCUT2D eigenvalue weighted by Crippen LogP contribution is 2.51. The summed E-state index contributed by atoms with van der Waals surface area (Å²) in [6.07, 6.45) is 7.11. The summed E-state index contributed by atoms with van der Waals surface area (Å²) < 4.78 is 0. The molecule has 246 valence electrons. The fourth-order valence-corrected chi connectivity index (χ4v) is 8.04. The third kappa shape index (κ3) is 5.89. The van der Waals surface area contributed by atoms with Crippen LogP contribution in [0.25, 0.3) is 0 Å². The number of tetrazole rings is 1. The second kappa shape index (κ2) is 12.9. The van der Waals surface area contributed by atoms with Crippen LogP contribution in [0.1, 0.15) is 93.7 Å². The third-order valence-corrected chi connectivity index (χ3v) is 10.4. The number of amides is 3. The Hall–Kier alpha value is -4.63. The van der Waals surface area contributed by atoms with Gasteiger partial charge in [0.1, 0.15) is 6.04 Å². The van der Waals surface area contributed by atoms with Crippen LogP contribution in [-0.2, 0) is 23.1 Å². The van der Waals surface area contributed by atoms with Gasteiger partial charge in [-0.3, -0.25) is 14.4 Å². The average Bonchev–Trinajstić information content (AvgIpc) is 3.86. The summed E-state index contributed by atoms with van der Waals surface area (Å²) in [6.45, 7) is 0.733. The van der Waals surface area contributed by atoms with E-state index in [1.54, 1.807) is 42.9 Å². The number of carbonyl (C=O) groups is 3. The minimum Gasteiger partial charge on any atom is -0.345 e. The molecule has 3 aliphatic rings. The summed E-state index contributed by atoms with van der Waals surface area (Å²) in [5, 5.41) is 29.1. The van der Waals surface area contributed by atoms with E-state index >= 15 is 0 Å². The van der Waals surface area contributed by atoms with Gasteiger partial charge in [-0.25, -0.2) is 5.10 Å². The van der Waals surface area contributed by atoms with Crippen molar-refractivity contribution < 1.29 is 14.4 Å². The Morgan fingerprint density at radius 2 is 1.55 bits per heavy atom. The van der Waals surface area contributed by atoms with Gasteiger partial charge in [0.15, 0.2) is 5.82 Å². The van der Waals surface area contributed by atoms with Crippen molar-refractivity contribution in [1.82, 2.24) is 40.6 Å². The highest BCUT2D eigenvalue weighted by molar-refractivity contribution is 5.95. The lowest BCUT2D eigenvalue weighted by Crippen LogP contribution is -2.53. The van der Waals surface area contributed by atoms with Crippen molar-refractivity contribution in [2.75, 3.05) is 41.3 Å². The lowest BCUT2D eigenvalue weighted by molar-refractivity contribution is -0.130. The molecule has 3 aromatic rings. The first-order valence-electron chi connectivity index (χ1n) is 16.5. The molecule has 2 N–H and O–H groups in total. The number of fused-ring (bicyclic) bond motifs is 2. The van der Waals surface area contributed by atoms with Crippen LogP contribution in [0.4, 0.5) is 0 Å². The molecule has 3 amide bonds. The summed E-state index contributed by atoms with van der Waals surface area (Å²) in [5.74, 6) is 0.357. The van der Waals surface area contributed by atoms with Crippen LogP contribution in [0.2, 0.25) is 0 Å². The van der Waals surface area contributed by atoms with Crippen molar-refractivity contribution in [1.29, 1.82) is 5.26 Å². The minimum absolute atomic E-state index is 0.0592. The lowest BCUT2D eigenvalue weighted by Gasteiger charge is -2.43. The van der Waals surface area contributed by atoms with Gasteiger partial charge in [0.2, 0.25) is 5.91 Å². The van der Waals surface area contributed by atoms with E-state index in [0.29, 0.717) is 49.2 Å². The van der Waals surface area contributed by atoms with Crippen molar-refractivity contribution in [2.24, 2.45) is 0 Å². The standard InChI is InChI=1S/C35H43N9O3/c1-42(2)31(46)25-11-13-28-23(18-25)9-10-24-19-26(32(47)43(3)4)12-14-29(24)35(28,33-38-40-41-39-33)22-34(15-5-6-16-34)37-21-30(45)44-17-7-8-27(44)20-36/h11-14,18-19,27,37H,5-10,15-17,21-22H2,1-4H3,(H,38,39,40,41). The number of nitriles is 1. The van der Waals surface area contributed by atoms with Gasteiger partial charge in [-0.15, -0.1) is 5.10 Å². The first kappa shape index (κ1) is 32.3. The zero-order chi connectivity index (χ0) is 33.3. The molecule has 47 heavy (non-hydrogen) atoms. The number of hydrogen-bond acceptors (Lipinski definition) is 8. The van der Waals surface area contributed by atoms with Gasteiger partial charge < -0.3 is 20.0 Å². The van der Waals surface area contributed by atoms with Crippen molar-refractivity contribution in [2.45, 2.75) is 74.8 Å². The van der Waals surface area contributed by atoms with Gasteiger partial charge in [0, 0.05) is 51.4 Å². The molecule has 6 rings (SSSR count). The lowest BCUT2D eigenvalue weighted by atomic mass is 9.64. The second-order valence-electron chi connectivity index (χ2n) is 13.7. The summed E-state index contributed by atoms with van der Waals surface area (Å²) in [5.41, 5.74) is 3.91. The molecule has 1 aromatic heterocycles. The van der Waals surface area contributed by atoms with Crippen LogP contribution in [0, 0.1) is 11.3 Å². The molecule has 12 heteroatoms. The molecule has 0 spiro atoms. The Balaban J connectivity index is 1.51. The first-order chi connectivity index (χ1) is 22.6. The number of H-pyrrole nitrogens is 1. The molecular formula is C35H43N9O3. The molecule has 1 saturated heterocycles. The second-order valence-corrected chi connectivity index (χ2v) is 13.7. The summed E-state index contributed by atoms with van der Waals surface area (Å²) in [6, 6.07) is 13.7. The number of likely N-dealkylation sites (tertiary alicyclic amines) is 1. The predicted octanol–water partition coefficient (Wildman–Crippen LogP) is 2.84. The molecule has 2 aromatic carbocycles. The maximum atomic E-state index is 13.5. The van der Waals surface area contributed by atoms with E-state index in [1.165, 1.54) is 0 Å². The molecule has 2 fully saturated rings. The van der Waals surface area contributed by atoms with Gasteiger partial charge in [-0.1, -0.05) is 25.0 Å².